The van der Waals surface area contributed by atoms with Crippen molar-refractivity contribution in [1.82, 2.24) is 4.90 Å². The molecule has 0 unspecified atom stereocenters. The van der Waals surface area contributed by atoms with Crippen LogP contribution < -0.4 is 4.90 Å². The number of hydrogen-bond donors (Lipinski definition) is 0. The van der Waals surface area contributed by atoms with Crippen molar-refractivity contribution in [3.05, 3.63) is 24.3 Å². The van der Waals surface area contributed by atoms with Crippen LogP contribution in [0.25, 0.3) is 0 Å². The van der Waals surface area contributed by atoms with Crippen LogP contribution in [-0.2, 0) is 24.1 Å². The molecule has 1 fully saturated rings. The lowest BCUT2D eigenvalue weighted by molar-refractivity contribution is -0.147. The summed E-state index contributed by atoms with van der Waals surface area (Å²) in [4.78, 5) is 28.1. The van der Waals surface area contributed by atoms with Crippen molar-refractivity contribution in [2.24, 2.45) is 0 Å². The highest BCUT2D eigenvalue weighted by molar-refractivity contribution is 7.90. The summed E-state index contributed by atoms with van der Waals surface area (Å²) in [6.07, 6.45) is 0.562. The van der Waals surface area contributed by atoms with Gasteiger partial charge in [0.15, 0.2) is 15.9 Å². The minimum atomic E-state index is -3.35. The summed E-state index contributed by atoms with van der Waals surface area (Å²) in [6.45, 7) is 6.12. The van der Waals surface area contributed by atoms with Gasteiger partial charge in [0.25, 0.3) is 0 Å². The van der Waals surface area contributed by atoms with Gasteiger partial charge in [0, 0.05) is 31.6 Å². The second-order valence-electron chi connectivity index (χ2n) is 7.43. The van der Waals surface area contributed by atoms with E-state index in [1.807, 2.05) is 4.90 Å². The minimum Gasteiger partial charge on any atom is -0.467 e. The van der Waals surface area contributed by atoms with Crippen LogP contribution in [0.5, 0.6) is 0 Å². The first kappa shape index (κ1) is 21.0. The standard InChI is InChI=1S/C18H26N2O6S/c1-18(2,3)26-17(22)20-10-9-19(12-15(20)16(21)25-4)13-7-6-8-14(11-13)27(5,23)24/h6-8,11,15H,9-10,12H2,1-5H3/t15-/m1/s1. The number of nitrogens with zero attached hydrogens (tertiary/aromatic N) is 2. The number of sulfone groups is 1. The van der Waals surface area contributed by atoms with Gasteiger partial charge in [0.05, 0.1) is 12.0 Å². The normalized spacial score (nSPS) is 18.2. The Kier molecular flexibility index (Phi) is 6.04. The van der Waals surface area contributed by atoms with Crippen LogP contribution in [-0.4, -0.2) is 70.0 Å². The van der Waals surface area contributed by atoms with E-state index in [-0.39, 0.29) is 18.0 Å². The molecule has 0 spiro atoms. The zero-order valence-electron chi connectivity index (χ0n) is 16.3. The summed E-state index contributed by atoms with van der Waals surface area (Å²) < 4.78 is 33.8. The summed E-state index contributed by atoms with van der Waals surface area (Å²) in [7, 11) is -2.08. The van der Waals surface area contributed by atoms with Crippen molar-refractivity contribution < 1.29 is 27.5 Å². The van der Waals surface area contributed by atoms with Gasteiger partial charge in [-0.15, -0.1) is 0 Å². The zero-order valence-corrected chi connectivity index (χ0v) is 17.1. The first-order chi connectivity index (χ1) is 12.4. The Morgan fingerprint density at radius 1 is 1.19 bits per heavy atom. The molecule has 8 nitrogen and oxygen atoms in total. The first-order valence-corrected chi connectivity index (χ1v) is 10.4. The van der Waals surface area contributed by atoms with Crippen molar-refractivity contribution in [3.63, 3.8) is 0 Å². The van der Waals surface area contributed by atoms with E-state index in [0.29, 0.717) is 12.2 Å². The number of carbonyl (C=O) groups excluding carboxylic acids is 2. The van der Waals surface area contributed by atoms with Gasteiger partial charge in [-0.2, -0.15) is 0 Å². The maximum atomic E-state index is 12.5. The third-order valence-electron chi connectivity index (χ3n) is 4.09. The number of rotatable bonds is 3. The Bertz CT molecular complexity index is 815. The van der Waals surface area contributed by atoms with E-state index in [2.05, 4.69) is 0 Å². The molecule has 0 bridgehead atoms. The number of methoxy groups -OCH3 is 1. The van der Waals surface area contributed by atoms with Crippen molar-refractivity contribution in [3.8, 4) is 0 Å². The second kappa shape index (κ2) is 7.75. The summed E-state index contributed by atoms with van der Waals surface area (Å²) in [6, 6.07) is 5.66. The zero-order chi connectivity index (χ0) is 20.4. The molecular weight excluding hydrogens is 372 g/mol. The molecule has 1 aliphatic rings. The Hall–Kier alpha value is -2.29. The number of piperazine rings is 1. The highest BCUT2D eigenvalue weighted by Gasteiger charge is 2.38. The molecule has 1 aromatic rings. The predicted octanol–water partition coefficient (Wildman–Crippen LogP) is 1.69. The van der Waals surface area contributed by atoms with E-state index in [1.165, 1.54) is 18.1 Å². The molecule has 150 valence electrons. The quantitative estimate of drug-likeness (QED) is 0.715. The van der Waals surface area contributed by atoms with Crippen LogP contribution in [0.3, 0.4) is 0 Å². The molecule has 0 radical (unpaired) electrons. The van der Waals surface area contributed by atoms with Gasteiger partial charge in [-0.3, -0.25) is 4.90 Å². The molecule has 0 saturated carbocycles. The van der Waals surface area contributed by atoms with E-state index in [9.17, 15) is 18.0 Å². The molecule has 1 aromatic carbocycles. The van der Waals surface area contributed by atoms with Crippen molar-refractivity contribution >= 4 is 27.6 Å². The topological polar surface area (TPSA) is 93.2 Å². The summed E-state index contributed by atoms with van der Waals surface area (Å²) >= 11 is 0. The highest BCUT2D eigenvalue weighted by atomic mass is 32.2. The van der Waals surface area contributed by atoms with Crippen LogP contribution in [0.2, 0.25) is 0 Å². The average molecular weight is 398 g/mol. The lowest BCUT2D eigenvalue weighted by Crippen LogP contribution is -2.59. The Labute approximate surface area is 160 Å². The molecule has 1 atom stereocenters. The summed E-state index contributed by atoms with van der Waals surface area (Å²) in [5.41, 5.74) is -0.0192. The lowest BCUT2D eigenvalue weighted by Gasteiger charge is -2.41. The third kappa shape index (κ3) is 5.35. The largest absolute Gasteiger partial charge is 0.467 e. The minimum absolute atomic E-state index is 0.180. The molecule has 0 aromatic heterocycles. The molecule has 2 rings (SSSR count). The molecular formula is C18H26N2O6S. The Morgan fingerprint density at radius 3 is 2.41 bits per heavy atom. The summed E-state index contributed by atoms with van der Waals surface area (Å²) in [5, 5.41) is 0. The van der Waals surface area contributed by atoms with Crippen LogP contribution >= 0.6 is 0 Å². The molecule has 1 saturated heterocycles. The van der Waals surface area contributed by atoms with Crippen LogP contribution in [0.15, 0.2) is 29.2 Å². The number of anilines is 1. The van der Waals surface area contributed by atoms with Crippen LogP contribution in [0.1, 0.15) is 20.8 Å². The van der Waals surface area contributed by atoms with E-state index in [0.717, 1.165) is 6.26 Å². The Morgan fingerprint density at radius 2 is 1.85 bits per heavy atom. The van der Waals surface area contributed by atoms with Crippen molar-refractivity contribution in [2.45, 2.75) is 37.3 Å². The lowest BCUT2D eigenvalue weighted by atomic mass is 10.1. The number of amides is 1. The number of benzene rings is 1. The van der Waals surface area contributed by atoms with Gasteiger partial charge < -0.3 is 14.4 Å². The predicted molar refractivity (Wildman–Crippen MR) is 101 cm³/mol. The third-order valence-corrected chi connectivity index (χ3v) is 5.20. The van der Waals surface area contributed by atoms with Gasteiger partial charge in [0.1, 0.15) is 5.60 Å². The van der Waals surface area contributed by atoms with Gasteiger partial charge in [0.2, 0.25) is 0 Å². The highest BCUT2D eigenvalue weighted by Crippen LogP contribution is 2.24. The Balaban J connectivity index is 2.26. The van der Waals surface area contributed by atoms with Crippen molar-refractivity contribution in [1.29, 1.82) is 0 Å². The fraction of sp³-hybridized carbons (Fsp3) is 0.556. The van der Waals surface area contributed by atoms with Crippen molar-refractivity contribution in [2.75, 3.05) is 37.9 Å². The van der Waals surface area contributed by atoms with E-state index < -0.39 is 33.5 Å². The van der Waals surface area contributed by atoms with Gasteiger partial charge in [-0.1, -0.05) is 6.07 Å². The number of esters is 1. The fourth-order valence-electron chi connectivity index (χ4n) is 2.81. The maximum absolute atomic E-state index is 12.5. The second-order valence-corrected chi connectivity index (χ2v) is 9.44. The molecule has 1 aliphatic heterocycles. The SMILES string of the molecule is COC(=O)[C@H]1CN(c2cccc(S(C)(=O)=O)c2)CCN1C(=O)OC(C)(C)C. The van der Waals surface area contributed by atoms with Gasteiger partial charge >= 0.3 is 12.1 Å². The van der Waals surface area contributed by atoms with Gasteiger partial charge in [-0.25, -0.2) is 18.0 Å². The molecule has 27 heavy (non-hydrogen) atoms. The summed E-state index contributed by atoms with van der Waals surface area (Å²) in [5.74, 6) is -0.551. The van der Waals surface area contributed by atoms with E-state index in [1.54, 1.807) is 39.0 Å². The molecule has 9 heteroatoms. The smallest absolute Gasteiger partial charge is 0.411 e. The molecule has 0 N–H and O–H groups in total. The number of carbonyl (C=O) groups is 2. The monoisotopic (exact) mass is 398 g/mol. The van der Waals surface area contributed by atoms with Crippen LogP contribution in [0, 0.1) is 0 Å². The molecule has 1 heterocycles. The number of hydrogen-bond acceptors (Lipinski definition) is 7. The van der Waals surface area contributed by atoms with E-state index >= 15 is 0 Å². The number of ether oxygens (including phenoxy) is 2. The fourth-order valence-corrected chi connectivity index (χ4v) is 3.47. The first-order valence-electron chi connectivity index (χ1n) is 8.55. The average Bonchev–Trinajstić information content (AvgIpc) is 2.58. The molecule has 1 amide bonds. The van der Waals surface area contributed by atoms with Crippen LogP contribution in [0.4, 0.5) is 10.5 Å². The van der Waals surface area contributed by atoms with Gasteiger partial charge in [-0.05, 0) is 39.0 Å². The maximum Gasteiger partial charge on any atom is 0.411 e. The van der Waals surface area contributed by atoms with E-state index in [4.69, 9.17) is 9.47 Å². The molecule has 0 aliphatic carbocycles.